The van der Waals surface area contributed by atoms with E-state index in [0.717, 1.165) is 20.1 Å². The number of halogens is 5. The van der Waals surface area contributed by atoms with E-state index >= 15 is 0 Å². The second-order valence-electron chi connectivity index (χ2n) is 8.27. The van der Waals surface area contributed by atoms with Gasteiger partial charge in [0.15, 0.2) is 22.6 Å². The van der Waals surface area contributed by atoms with Gasteiger partial charge in [-0.25, -0.2) is 9.37 Å². The van der Waals surface area contributed by atoms with E-state index in [1.165, 1.54) is 43.1 Å². The second kappa shape index (κ2) is 8.53. The molecule has 4 atom stereocenters. The van der Waals surface area contributed by atoms with Gasteiger partial charge in [0, 0.05) is 35.4 Å². The summed E-state index contributed by atoms with van der Waals surface area (Å²) in [7, 11) is 1.11. The largest absolute Gasteiger partial charge is 0.493 e. The van der Waals surface area contributed by atoms with E-state index < -0.39 is 52.5 Å². The second-order valence-corrected chi connectivity index (χ2v) is 9.07. The van der Waals surface area contributed by atoms with E-state index in [-0.39, 0.29) is 11.3 Å². The predicted octanol–water partition coefficient (Wildman–Crippen LogP) is 5.74. The Morgan fingerprint density at radius 1 is 1.24 bits per heavy atom. The fraction of sp³-hybridized carbons (Fsp3) is 0.391. The molecule has 0 saturated carbocycles. The number of aromatic amines is 1. The van der Waals surface area contributed by atoms with Crippen LogP contribution in [0.3, 0.4) is 0 Å². The third-order valence-corrected chi connectivity index (χ3v) is 7.24. The summed E-state index contributed by atoms with van der Waals surface area (Å²) in [4.78, 5) is 20.1. The van der Waals surface area contributed by atoms with Crippen molar-refractivity contribution in [3.8, 4) is 5.75 Å². The zero-order valence-corrected chi connectivity index (χ0v) is 19.4. The van der Waals surface area contributed by atoms with Gasteiger partial charge in [-0.15, -0.1) is 11.8 Å². The summed E-state index contributed by atoms with van der Waals surface area (Å²) in [6, 6.07) is 4.72. The van der Waals surface area contributed by atoms with Crippen LogP contribution in [0.5, 0.6) is 5.75 Å². The molecule has 34 heavy (non-hydrogen) atoms. The van der Waals surface area contributed by atoms with Crippen LogP contribution < -0.4 is 10.2 Å². The maximum atomic E-state index is 14.5. The van der Waals surface area contributed by atoms with E-state index in [2.05, 4.69) is 9.97 Å². The van der Waals surface area contributed by atoms with Crippen LogP contribution in [0.1, 0.15) is 37.1 Å². The third kappa shape index (κ3) is 3.65. The molecular weight excluding hydrogens is 479 g/mol. The fourth-order valence-corrected chi connectivity index (χ4v) is 5.16. The SMILES string of the molecule is COc1c([C@H]2[C@H](c3cc(=O)c4c(SC)nccc4[nH]3)O[C@@](C)(C(F)(F)F)[C@H]2C)ccc(F)c1F. The van der Waals surface area contributed by atoms with Crippen molar-refractivity contribution in [2.24, 2.45) is 5.92 Å². The number of aromatic nitrogens is 2. The summed E-state index contributed by atoms with van der Waals surface area (Å²) in [6.07, 6.45) is -2.89. The first-order chi connectivity index (χ1) is 15.9. The molecule has 11 heteroatoms. The number of benzene rings is 1. The van der Waals surface area contributed by atoms with E-state index in [1.54, 1.807) is 6.26 Å². The average molecular weight is 500 g/mol. The van der Waals surface area contributed by atoms with E-state index in [1.807, 2.05) is 0 Å². The zero-order chi connectivity index (χ0) is 25.0. The van der Waals surface area contributed by atoms with Crippen LogP contribution in [0.4, 0.5) is 22.0 Å². The quantitative estimate of drug-likeness (QED) is 0.366. The van der Waals surface area contributed by atoms with Crippen LogP contribution >= 0.6 is 11.8 Å². The summed E-state index contributed by atoms with van der Waals surface area (Å²) in [5.74, 6) is -5.37. The van der Waals surface area contributed by atoms with Gasteiger partial charge in [0.05, 0.1) is 18.0 Å². The Hall–Kier alpha value is -2.66. The molecule has 1 aliphatic rings. The molecule has 1 fully saturated rings. The lowest BCUT2D eigenvalue weighted by molar-refractivity contribution is -0.275. The van der Waals surface area contributed by atoms with Crippen LogP contribution in [0.25, 0.3) is 10.9 Å². The average Bonchev–Trinajstić information content (AvgIpc) is 3.06. The van der Waals surface area contributed by atoms with Gasteiger partial charge in [0.25, 0.3) is 0 Å². The van der Waals surface area contributed by atoms with Gasteiger partial charge < -0.3 is 14.5 Å². The molecule has 2 aromatic heterocycles. The Bertz CT molecular complexity index is 1310. The van der Waals surface area contributed by atoms with Crippen molar-refractivity contribution in [2.75, 3.05) is 13.4 Å². The summed E-state index contributed by atoms with van der Waals surface area (Å²) in [5, 5.41) is 0.760. The highest BCUT2D eigenvalue weighted by Gasteiger charge is 2.65. The van der Waals surface area contributed by atoms with Crippen molar-refractivity contribution in [3.63, 3.8) is 0 Å². The van der Waals surface area contributed by atoms with Gasteiger partial charge in [0.2, 0.25) is 5.82 Å². The maximum Gasteiger partial charge on any atom is 0.417 e. The number of methoxy groups -OCH3 is 1. The summed E-state index contributed by atoms with van der Waals surface area (Å²) in [6.45, 7) is 2.24. The number of nitrogens with one attached hydrogen (secondary N) is 1. The number of alkyl halides is 3. The molecule has 0 unspecified atom stereocenters. The molecule has 3 heterocycles. The highest BCUT2D eigenvalue weighted by atomic mass is 32.2. The van der Waals surface area contributed by atoms with Crippen LogP contribution in [0.15, 0.2) is 40.3 Å². The van der Waals surface area contributed by atoms with Crippen LogP contribution in [-0.4, -0.2) is 35.1 Å². The minimum atomic E-state index is -4.78. The number of thioether (sulfide) groups is 1. The van der Waals surface area contributed by atoms with E-state index in [0.29, 0.717) is 15.9 Å². The lowest BCUT2D eigenvalue weighted by Gasteiger charge is -2.32. The Kier molecular flexibility index (Phi) is 6.14. The molecule has 3 aromatic rings. The maximum absolute atomic E-state index is 14.5. The molecule has 0 amide bonds. The summed E-state index contributed by atoms with van der Waals surface area (Å²) >= 11 is 1.25. The van der Waals surface area contributed by atoms with Crippen molar-refractivity contribution >= 4 is 22.7 Å². The number of rotatable bonds is 4. The molecule has 1 N–H and O–H groups in total. The molecule has 0 aliphatic carbocycles. The Morgan fingerprint density at radius 3 is 2.56 bits per heavy atom. The van der Waals surface area contributed by atoms with Crippen molar-refractivity contribution in [2.45, 2.75) is 42.7 Å². The fourth-order valence-electron chi connectivity index (χ4n) is 4.58. The van der Waals surface area contributed by atoms with Crippen LogP contribution in [-0.2, 0) is 4.74 Å². The van der Waals surface area contributed by atoms with Crippen molar-refractivity contribution < 1.29 is 31.4 Å². The zero-order valence-electron chi connectivity index (χ0n) is 18.6. The predicted molar refractivity (Wildman–Crippen MR) is 117 cm³/mol. The number of fused-ring (bicyclic) bond motifs is 1. The molecule has 1 saturated heterocycles. The highest BCUT2D eigenvalue weighted by Crippen LogP contribution is 2.59. The van der Waals surface area contributed by atoms with Crippen molar-refractivity contribution in [1.29, 1.82) is 0 Å². The monoisotopic (exact) mass is 500 g/mol. The van der Waals surface area contributed by atoms with Crippen molar-refractivity contribution in [3.05, 3.63) is 63.6 Å². The molecule has 0 radical (unpaired) electrons. The first-order valence-electron chi connectivity index (χ1n) is 10.3. The highest BCUT2D eigenvalue weighted by molar-refractivity contribution is 7.98. The molecule has 5 nitrogen and oxygen atoms in total. The normalized spacial score (nSPS) is 25.1. The first kappa shape index (κ1) is 24.5. The standard InChI is InChI=1S/C23H21F5N2O3S/c1-10-16(11-5-6-12(24)18(25)19(11)32-3)20(33-22(10,2)23(26,27)28)14-9-15(31)17-13(30-14)7-8-29-21(17)34-4/h5-10,16,20H,1-4H3,(H,30,31)/t10-,16-,20-,22+/m0/s1. The molecule has 0 spiro atoms. The Morgan fingerprint density at radius 2 is 1.94 bits per heavy atom. The number of hydrogen-bond donors (Lipinski definition) is 1. The molecule has 182 valence electrons. The number of nitrogens with zero attached hydrogens (tertiary/aromatic N) is 1. The number of H-pyrrole nitrogens is 1. The Labute approximate surface area is 195 Å². The Balaban J connectivity index is 1.97. The van der Waals surface area contributed by atoms with E-state index in [9.17, 15) is 26.7 Å². The molecule has 1 aromatic carbocycles. The molecular formula is C23H21F5N2O3S. The van der Waals surface area contributed by atoms with Gasteiger partial charge in [0.1, 0.15) is 11.1 Å². The summed E-state index contributed by atoms with van der Waals surface area (Å²) < 4.78 is 81.5. The van der Waals surface area contributed by atoms with Gasteiger partial charge in [-0.2, -0.15) is 17.6 Å². The van der Waals surface area contributed by atoms with Gasteiger partial charge in [-0.1, -0.05) is 13.0 Å². The topological polar surface area (TPSA) is 64.2 Å². The molecule has 0 bridgehead atoms. The van der Waals surface area contributed by atoms with Crippen LogP contribution in [0.2, 0.25) is 0 Å². The van der Waals surface area contributed by atoms with Gasteiger partial charge in [-0.05, 0) is 25.3 Å². The van der Waals surface area contributed by atoms with Gasteiger partial charge in [-0.3, -0.25) is 4.79 Å². The minimum Gasteiger partial charge on any atom is -0.493 e. The molecule has 4 rings (SSSR count). The lowest BCUT2D eigenvalue weighted by atomic mass is 9.76. The first-order valence-corrected chi connectivity index (χ1v) is 11.5. The lowest BCUT2D eigenvalue weighted by Crippen LogP contribution is -2.46. The smallest absolute Gasteiger partial charge is 0.417 e. The van der Waals surface area contributed by atoms with Crippen LogP contribution in [0, 0.1) is 17.6 Å². The summed E-state index contributed by atoms with van der Waals surface area (Å²) in [5.41, 5.74) is -2.63. The number of pyridine rings is 2. The third-order valence-electron chi connectivity index (χ3n) is 6.54. The van der Waals surface area contributed by atoms with Crippen molar-refractivity contribution in [1.82, 2.24) is 9.97 Å². The number of hydrogen-bond acceptors (Lipinski definition) is 5. The molecule has 1 aliphatic heterocycles. The number of ether oxygens (including phenoxy) is 2. The van der Waals surface area contributed by atoms with E-state index in [4.69, 9.17) is 9.47 Å². The minimum absolute atomic E-state index is 0.00681. The van der Waals surface area contributed by atoms with Gasteiger partial charge >= 0.3 is 6.18 Å².